The van der Waals surface area contributed by atoms with Crippen molar-refractivity contribution in [1.29, 1.82) is 0 Å². The first-order valence-corrected chi connectivity index (χ1v) is 10.9. The molecule has 2 saturated heterocycles. The summed E-state index contributed by atoms with van der Waals surface area (Å²) in [6.07, 6.45) is 3.28. The van der Waals surface area contributed by atoms with Crippen LogP contribution in [0.1, 0.15) is 6.42 Å². The van der Waals surface area contributed by atoms with Crippen LogP contribution in [-0.4, -0.2) is 83.9 Å². The van der Waals surface area contributed by atoms with Gasteiger partial charge in [0.1, 0.15) is 11.9 Å². The number of piperazine rings is 1. The van der Waals surface area contributed by atoms with Crippen molar-refractivity contribution < 1.29 is 19.5 Å². The number of carbonyl (C=O) groups excluding carboxylic acids is 2. The van der Waals surface area contributed by atoms with E-state index < -0.39 is 17.9 Å². The molecule has 2 aliphatic rings. The largest absolute Gasteiger partial charge is 0.487 e. The molecule has 0 saturated carbocycles. The van der Waals surface area contributed by atoms with Crippen LogP contribution in [0.2, 0.25) is 0 Å². The molecule has 2 aliphatic heterocycles. The van der Waals surface area contributed by atoms with Crippen LogP contribution in [0.4, 0.5) is 5.69 Å². The Kier molecular flexibility index (Phi) is 6.87. The molecule has 32 heavy (non-hydrogen) atoms. The standard InChI is InChI=1S/C23H29N5O4/c1-26(31)22(29)20-14-19(32-18-8-5-9-24-15-18)16-25-21(20)23(30)28-12-10-27(11-13-28)17-6-3-2-4-7-17/h2-9,15,19-21,25,31H,10-14,16H2,1H3/t19-,20-,21-/m0/s1. The van der Waals surface area contributed by atoms with Gasteiger partial charge in [-0.25, -0.2) is 5.06 Å². The number of amides is 2. The van der Waals surface area contributed by atoms with Gasteiger partial charge in [-0.2, -0.15) is 0 Å². The lowest BCUT2D eigenvalue weighted by atomic mass is 9.87. The number of benzene rings is 1. The van der Waals surface area contributed by atoms with Crippen LogP contribution in [0.15, 0.2) is 54.9 Å². The fourth-order valence-electron chi connectivity index (χ4n) is 4.37. The van der Waals surface area contributed by atoms with E-state index in [1.54, 1.807) is 29.4 Å². The van der Waals surface area contributed by atoms with Gasteiger partial charge < -0.3 is 19.9 Å². The van der Waals surface area contributed by atoms with Gasteiger partial charge in [-0.15, -0.1) is 0 Å². The number of para-hydroxylation sites is 1. The molecule has 0 aliphatic carbocycles. The Balaban J connectivity index is 1.41. The molecule has 4 rings (SSSR count). The lowest BCUT2D eigenvalue weighted by Gasteiger charge is -2.41. The Morgan fingerprint density at radius 2 is 1.88 bits per heavy atom. The first-order chi connectivity index (χ1) is 15.5. The third-order valence-electron chi connectivity index (χ3n) is 6.04. The summed E-state index contributed by atoms with van der Waals surface area (Å²) in [5.74, 6) is -0.735. The van der Waals surface area contributed by atoms with E-state index in [0.29, 0.717) is 36.9 Å². The van der Waals surface area contributed by atoms with E-state index in [4.69, 9.17) is 4.74 Å². The second-order valence-corrected chi connectivity index (χ2v) is 8.17. The molecule has 170 valence electrons. The van der Waals surface area contributed by atoms with Gasteiger partial charge in [0.2, 0.25) is 5.91 Å². The molecule has 1 aromatic carbocycles. The molecule has 1 aromatic heterocycles. The van der Waals surface area contributed by atoms with Gasteiger partial charge >= 0.3 is 0 Å². The number of anilines is 1. The average molecular weight is 440 g/mol. The number of hydrogen-bond acceptors (Lipinski definition) is 7. The van der Waals surface area contributed by atoms with Crippen molar-refractivity contribution in [2.45, 2.75) is 18.6 Å². The Morgan fingerprint density at radius 1 is 1.12 bits per heavy atom. The SMILES string of the molecule is CN(O)C(=O)[C@H]1C[C@H](Oc2cccnc2)CN[C@@H]1C(=O)N1CCN(c2ccccc2)CC1. The maximum Gasteiger partial charge on any atom is 0.251 e. The highest BCUT2D eigenvalue weighted by Crippen LogP contribution is 2.25. The molecule has 2 aromatic rings. The van der Waals surface area contributed by atoms with E-state index >= 15 is 0 Å². The van der Waals surface area contributed by atoms with Crippen LogP contribution in [0.5, 0.6) is 5.75 Å². The number of nitrogens with one attached hydrogen (secondary N) is 1. The summed E-state index contributed by atoms with van der Waals surface area (Å²) in [4.78, 5) is 34.2. The van der Waals surface area contributed by atoms with Crippen LogP contribution in [0.3, 0.4) is 0 Å². The Hall–Kier alpha value is -3.17. The summed E-state index contributed by atoms with van der Waals surface area (Å²) in [5.41, 5.74) is 1.14. The molecule has 2 N–H and O–H groups in total. The quantitative estimate of drug-likeness (QED) is 0.530. The number of ether oxygens (including phenoxy) is 1. The summed E-state index contributed by atoms with van der Waals surface area (Å²) in [6, 6.07) is 13.0. The molecule has 9 nitrogen and oxygen atoms in total. The van der Waals surface area contributed by atoms with E-state index in [1.165, 1.54) is 7.05 Å². The zero-order valence-corrected chi connectivity index (χ0v) is 18.1. The van der Waals surface area contributed by atoms with Crippen molar-refractivity contribution in [2.75, 3.05) is 44.7 Å². The van der Waals surface area contributed by atoms with Crippen LogP contribution in [0, 0.1) is 5.92 Å². The number of hydroxylamine groups is 2. The summed E-state index contributed by atoms with van der Waals surface area (Å²) < 4.78 is 5.94. The molecule has 3 heterocycles. The fraction of sp³-hybridized carbons (Fsp3) is 0.435. The Labute approximate surface area is 187 Å². The van der Waals surface area contributed by atoms with Crippen molar-refractivity contribution in [3.63, 3.8) is 0 Å². The first kappa shape index (κ1) is 22.0. The predicted molar refractivity (Wildman–Crippen MR) is 118 cm³/mol. The Bertz CT molecular complexity index is 903. The van der Waals surface area contributed by atoms with Crippen LogP contribution >= 0.6 is 0 Å². The average Bonchev–Trinajstić information content (AvgIpc) is 2.84. The monoisotopic (exact) mass is 439 g/mol. The molecule has 2 amide bonds. The fourth-order valence-corrected chi connectivity index (χ4v) is 4.37. The summed E-state index contributed by atoms with van der Waals surface area (Å²) >= 11 is 0. The third kappa shape index (κ3) is 5.00. The maximum absolute atomic E-state index is 13.3. The lowest BCUT2D eigenvalue weighted by molar-refractivity contribution is -0.169. The van der Waals surface area contributed by atoms with E-state index in [0.717, 1.165) is 18.8 Å². The number of carbonyl (C=O) groups is 2. The van der Waals surface area contributed by atoms with E-state index in [9.17, 15) is 14.8 Å². The van der Waals surface area contributed by atoms with Gasteiger partial charge in [-0.05, 0) is 30.7 Å². The molecule has 0 spiro atoms. The smallest absolute Gasteiger partial charge is 0.251 e. The van der Waals surface area contributed by atoms with E-state index in [2.05, 4.69) is 27.3 Å². The number of piperidine rings is 1. The zero-order chi connectivity index (χ0) is 22.5. The van der Waals surface area contributed by atoms with Gasteiger partial charge in [0.15, 0.2) is 0 Å². The zero-order valence-electron chi connectivity index (χ0n) is 18.1. The normalized spacial score (nSPS) is 23.5. The molecule has 2 fully saturated rings. The minimum Gasteiger partial charge on any atom is -0.487 e. The van der Waals surface area contributed by atoms with Gasteiger partial charge in [0, 0.05) is 51.7 Å². The molecule has 9 heteroatoms. The van der Waals surface area contributed by atoms with Crippen LogP contribution in [0.25, 0.3) is 0 Å². The first-order valence-electron chi connectivity index (χ1n) is 10.9. The minimum atomic E-state index is -0.722. The number of pyridine rings is 1. The topological polar surface area (TPSA) is 98.2 Å². The number of aromatic nitrogens is 1. The van der Waals surface area contributed by atoms with Gasteiger partial charge in [-0.1, -0.05) is 18.2 Å². The molecule has 3 atom stereocenters. The highest BCUT2D eigenvalue weighted by atomic mass is 16.5. The molecule has 0 unspecified atom stereocenters. The van der Waals surface area contributed by atoms with Gasteiger partial charge in [0.05, 0.1) is 18.2 Å². The highest BCUT2D eigenvalue weighted by Gasteiger charge is 2.43. The predicted octanol–water partition coefficient (Wildman–Crippen LogP) is 1.00. The molecule has 0 radical (unpaired) electrons. The number of rotatable bonds is 5. The lowest BCUT2D eigenvalue weighted by Crippen LogP contribution is -2.62. The van der Waals surface area contributed by atoms with Crippen molar-refractivity contribution in [3.8, 4) is 5.75 Å². The van der Waals surface area contributed by atoms with Gasteiger partial charge in [0.25, 0.3) is 5.91 Å². The van der Waals surface area contributed by atoms with Crippen molar-refractivity contribution in [3.05, 3.63) is 54.9 Å². The molecular formula is C23H29N5O4. The highest BCUT2D eigenvalue weighted by molar-refractivity contribution is 5.90. The summed E-state index contributed by atoms with van der Waals surface area (Å²) in [6.45, 7) is 3.05. The van der Waals surface area contributed by atoms with Crippen LogP contribution < -0.4 is 15.0 Å². The van der Waals surface area contributed by atoms with Crippen molar-refractivity contribution >= 4 is 17.5 Å². The second-order valence-electron chi connectivity index (χ2n) is 8.17. The molecular weight excluding hydrogens is 410 g/mol. The third-order valence-corrected chi connectivity index (χ3v) is 6.04. The minimum absolute atomic E-state index is 0.113. The maximum atomic E-state index is 13.3. The Morgan fingerprint density at radius 3 is 2.53 bits per heavy atom. The number of hydrogen-bond donors (Lipinski definition) is 2. The van der Waals surface area contributed by atoms with Gasteiger partial charge in [-0.3, -0.25) is 19.8 Å². The number of nitrogens with zero attached hydrogens (tertiary/aromatic N) is 4. The van der Waals surface area contributed by atoms with E-state index in [-0.39, 0.29) is 12.0 Å². The summed E-state index contributed by atoms with van der Waals surface area (Å²) in [5, 5.41) is 13.6. The van der Waals surface area contributed by atoms with Crippen molar-refractivity contribution in [1.82, 2.24) is 20.3 Å². The second kappa shape index (κ2) is 9.97. The van der Waals surface area contributed by atoms with Crippen molar-refractivity contribution in [2.24, 2.45) is 5.92 Å². The summed E-state index contributed by atoms with van der Waals surface area (Å²) in [7, 11) is 1.29. The molecule has 0 bridgehead atoms. The van der Waals surface area contributed by atoms with Crippen LogP contribution in [-0.2, 0) is 9.59 Å². The van der Waals surface area contributed by atoms with E-state index in [1.807, 2.05) is 18.2 Å².